The van der Waals surface area contributed by atoms with Crippen LogP contribution in [0.15, 0.2) is 65.4 Å². The molecule has 0 unspecified atom stereocenters. The maximum atomic E-state index is 12.8. The van der Waals surface area contributed by atoms with Crippen molar-refractivity contribution in [3.63, 3.8) is 0 Å². The van der Waals surface area contributed by atoms with E-state index in [1.807, 2.05) is 36.4 Å². The first-order valence-electron chi connectivity index (χ1n) is 11.2. The van der Waals surface area contributed by atoms with Crippen molar-refractivity contribution in [2.75, 3.05) is 37.8 Å². The van der Waals surface area contributed by atoms with Gasteiger partial charge in [0.15, 0.2) is 0 Å². The zero-order valence-electron chi connectivity index (χ0n) is 18.6. The highest BCUT2D eigenvalue weighted by Gasteiger charge is 2.22. The second-order valence-electron chi connectivity index (χ2n) is 7.79. The molecule has 0 radical (unpaired) electrons. The molecule has 1 fully saturated rings. The van der Waals surface area contributed by atoms with Crippen molar-refractivity contribution in [1.29, 1.82) is 0 Å². The highest BCUT2D eigenvalue weighted by Crippen LogP contribution is 2.39. The first-order chi connectivity index (χ1) is 16.8. The number of benzene rings is 1. The van der Waals surface area contributed by atoms with E-state index in [0.717, 1.165) is 34.8 Å². The molecule has 1 aromatic carbocycles. The predicted octanol–water partition coefficient (Wildman–Crippen LogP) is 4.49. The van der Waals surface area contributed by atoms with Crippen LogP contribution < -0.4 is 4.90 Å². The van der Waals surface area contributed by atoms with Gasteiger partial charge >= 0.3 is 5.97 Å². The lowest BCUT2D eigenvalue weighted by molar-refractivity contribution is 0.0504. The largest absolute Gasteiger partial charge is 0.461 e. The Morgan fingerprint density at radius 2 is 1.91 bits per heavy atom. The van der Waals surface area contributed by atoms with Crippen LogP contribution in [-0.4, -0.2) is 54.0 Å². The zero-order chi connectivity index (χ0) is 23.2. The normalized spacial score (nSPS) is 13.7. The number of esters is 1. The fourth-order valence-corrected chi connectivity index (χ4v) is 4.86. The Labute approximate surface area is 201 Å². The van der Waals surface area contributed by atoms with E-state index in [9.17, 15) is 4.79 Å². The Morgan fingerprint density at radius 3 is 2.71 bits per heavy atom. The third-order valence-corrected chi connectivity index (χ3v) is 6.63. The molecule has 174 valence electrons. The number of morpholine rings is 1. The van der Waals surface area contributed by atoms with Gasteiger partial charge in [0.05, 0.1) is 24.8 Å². The number of thiophene rings is 1. The number of anilines is 1. The van der Waals surface area contributed by atoms with Crippen molar-refractivity contribution < 1.29 is 18.8 Å². The standard InChI is InChI=1S/C25H24N4O4S/c30-25(32-13-5-9-22-27-23(28-33-22)19-8-4-10-26-17-19)21-16-20(18-6-2-1-3-7-18)24(34-21)29-11-14-31-15-12-29/h1-4,6-8,10,16-17H,5,9,11-15H2. The van der Waals surface area contributed by atoms with Crippen LogP contribution in [0.2, 0.25) is 0 Å². The molecule has 1 saturated heterocycles. The molecule has 0 amide bonds. The van der Waals surface area contributed by atoms with E-state index in [-0.39, 0.29) is 12.6 Å². The molecule has 3 aromatic heterocycles. The minimum absolute atomic E-state index is 0.273. The molecule has 9 heteroatoms. The molecule has 0 N–H and O–H groups in total. The lowest BCUT2D eigenvalue weighted by Gasteiger charge is -2.28. The van der Waals surface area contributed by atoms with Crippen molar-refractivity contribution in [3.05, 3.63) is 71.7 Å². The number of aryl methyl sites for hydroxylation is 1. The van der Waals surface area contributed by atoms with E-state index in [0.29, 0.717) is 42.6 Å². The molecule has 0 spiro atoms. The van der Waals surface area contributed by atoms with E-state index in [1.54, 1.807) is 12.4 Å². The summed E-state index contributed by atoms with van der Waals surface area (Å²) >= 11 is 1.47. The Hall–Kier alpha value is -3.56. The van der Waals surface area contributed by atoms with Crippen LogP contribution in [0.25, 0.3) is 22.5 Å². The zero-order valence-corrected chi connectivity index (χ0v) is 19.4. The average Bonchev–Trinajstić information content (AvgIpc) is 3.56. The molecular weight excluding hydrogens is 452 g/mol. The smallest absolute Gasteiger partial charge is 0.348 e. The van der Waals surface area contributed by atoms with Crippen LogP contribution in [0.4, 0.5) is 5.00 Å². The second kappa shape index (κ2) is 10.6. The van der Waals surface area contributed by atoms with Crippen LogP contribution in [-0.2, 0) is 15.9 Å². The van der Waals surface area contributed by atoms with Crippen molar-refractivity contribution in [1.82, 2.24) is 15.1 Å². The number of ether oxygens (including phenoxy) is 2. The van der Waals surface area contributed by atoms with Crippen LogP contribution in [0, 0.1) is 0 Å². The molecule has 0 bridgehead atoms. The minimum atomic E-state index is -0.316. The number of hydrogen-bond acceptors (Lipinski definition) is 9. The van der Waals surface area contributed by atoms with Crippen molar-refractivity contribution >= 4 is 22.3 Å². The molecule has 0 atom stereocenters. The van der Waals surface area contributed by atoms with E-state index in [1.165, 1.54) is 11.3 Å². The quantitative estimate of drug-likeness (QED) is 0.271. The van der Waals surface area contributed by atoms with Gasteiger partial charge in [-0.15, -0.1) is 11.3 Å². The second-order valence-corrected chi connectivity index (χ2v) is 8.82. The Kier molecular flexibility index (Phi) is 6.92. The molecule has 5 rings (SSSR count). The maximum Gasteiger partial charge on any atom is 0.348 e. The highest BCUT2D eigenvalue weighted by atomic mass is 32.1. The SMILES string of the molecule is O=C(OCCCc1nc(-c2cccnc2)no1)c1cc(-c2ccccc2)c(N2CCOCC2)s1. The fourth-order valence-electron chi connectivity index (χ4n) is 3.74. The molecule has 4 aromatic rings. The third-order valence-electron chi connectivity index (χ3n) is 5.45. The summed E-state index contributed by atoms with van der Waals surface area (Å²) < 4.78 is 16.4. The lowest BCUT2D eigenvalue weighted by atomic mass is 10.1. The fraction of sp³-hybridized carbons (Fsp3) is 0.280. The van der Waals surface area contributed by atoms with Gasteiger partial charge < -0.3 is 18.9 Å². The predicted molar refractivity (Wildman–Crippen MR) is 129 cm³/mol. The van der Waals surface area contributed by atoms with Crippen LogP contribution >= 0.6 is 11.3 Å². The van der Waals surface area contributed by atoms with Gasteiger partial charge in [0.2, 0.25) is 11.7 Å². The van der Waals surface area contributed by atoms with Crippen LogP contribution in [0.3, 0.4) is 0 Å². The molecule has 1 aliphatic heterocycles. The third kappa shape index (κ3) is 5.16. The Bertz CT molecular complexity index is 1220. The number of carbonyl (C=O) groups excluding carboxylic acids is 1. The number of aromatic nitrogens is 3. The monoisotopic (exact) mass is 476 g/mol. The van der Waals surface area contributed by atoms with Gasteiger partial charge in [-0.25, -0.2) is 4.79 Å². The number of rotatable bonds is 8. The summed E-state index contributed by atoms with van der Waals surface area (Å²) in [5, 5.41) is 5.07. The Morgan fingerprint density at radius 1 is 1.09 bits per heavy atom. The number of hydrogen-bond donors (Lipinski definition) is 0. The summed E-state index contributed by atoms with van der Waals surface area (Å²) in [4.78, 5) is 24.1. The summed E-state index contributed by atoms with van der Waals surface area (Å²) in [5.74, 6) is 0.693. The molecule has 34 heavy (non-hydrogen) atoms. The summed E-state index contributed by atoms with van der Waals surface area (Å²) in [6.07, 6.45) is 4.50. The summed E-state index contributed by atoms with van der Waals surface area (Å²) in [6, 6.07) is 15.8. The van der Waals surface area contributed by atoms with Crippen molar-refractivity contribution in [2.24, 2.45) is 0 Å². The van der Waals surface area contributed by atoms with E-state index in [4.69, 9.17) is 14.0 Å². The van der Waals surface area contributed by atoms with Gasteiger partial charge in [-0.05, 0) is 30.2 Å². The topological polar surface area (TPSA) is 90.6 Å². The van der Waals surface area contributed by atoms with Crippen LogP contribution in [0.1, 0.15) is 22.0 Å². The molecule has 8 nitrogen and oxygen atoms in total. The Balaban J connectivity index is 1.21. The minimum Gasteiger partial charge on any atom is -0.461 e. The van der Waals surface area contributed by atoms with Gasteiger partial charge in [0.1, 0.15) is 4.88 Å². The van der Waals surface area contributed by atoms with Gasteiger partial charge in [-0.1, -0.05) is 35.5 Å². The first kappa shape index (κ1) is 22.2. The molecule has 0 saturated carbocycles. The summed E-state index contributed by atoms with van der Waals surface area (Å²) in [7, 11) is 0. The number of nitrogens with zero attached hydrogens (tertiary/aromatic N) is 4. The highest BCUT2D eigenvalue weighted by molar-refractivity contribution is 7.18. The maximum absolute atomic E-state index is 12.8. The van der Waals surface area contributed by atoms with E-state index in [2.05, 4.69) is 32.2 Å². The van der Waals surface area contributed by atoms with Gasteiger partial charge in [0, 0.05) is 43.0 Å². The van der Waals surface area contributed by atoms with Gasteiger partial charge in [0.25, 0.3) is 0 Å². The van der Waals surface area contributed by atoms with E-state index >= 15 is 0 Å². The van der Waals surface area contributed by atoms with Gasteiger partial charge in [-0.2, -0.15) is 4.98 Å². The molecular formula is C25H24N4O4S. The van der Waals surface area contributed by atoms with Crippen molar-refractivity contribution in [2.45, 2.75) is 12.8 Å². The molecule has 0 aliphatic carbocycles. The molecule has 4 heterocycles. The van der Waals surface area contributed by atoms with Crippen molar-refractivity contribution in [3.8, 4) is 22.5 Å². The summed E-state index contributed by atoms with van der Waals surface area (Å²) in [5.41, 5.74) is 2.93. The summed E-state index contributed by atoms with van der Waals surface area (Å²) in [6.45, 7) is 3.25. The number of pyridine rings is 1. The van der Waals surface area contributed by atoms with E-state index < -0.39 is 0 Å². The lowest BCUT2D eigenvalue weighted by Crippen LogP contribution is -2.35. The van der Waals surface area contributed by atoms with Gasteiger partial charge in [-0.3, -0.25) is 4.98 Å². The first-order valence-corrected chi connectivity index (χ1v) is 12.0. The average molecular weight is 477 g/mol. The number of carbonyl (C=O) groups is 1. The molecule has 1 aliphatic rings. The van der Waals surface area contributed by atoms with Crippen LogP contribution in [0.5, 0.6) is 0 Å².